The number of hydrogen-bond donors (Lipinski definition) is 2. The molecule has 2 N–H and O–H groups in total. The maximum absolute atomic E-state index is 12.1. The van der Waals surface area contributed by atoms with Crippen LogP contribution in [0.1, 0.15) is 10.4 Å². The number of benzene rings is 2. The number of methoxy groups -OCH3 is 3. The van der Waals surface area contributed by atoms with Crippen molar-refractivity contribution in [3.8, 4) is 39.8 Å². The molecule has 152 valence electrons. The van der Waals surface area contributed by atoms with Crippen molar-refractivity contribution < 1.29 is 24.1 Å². The first-order valence-corrected chi connectivity index (χ1v) is 9.05. The lowest BCUT2D eigenvalue weighted by molar-refractivity contribution is 0.0699. The molecule has 0 amide bonds. The van der Waals surface area contributed by atoms with Crippen LogP contribution >= 0.6 is 0 Å². The van der Waals surface area contributed by atoms with Crippen LogP contribution < -0.4 is 14.2 Å². The lowest BCUT2D eigenvalue weighted by Gasteiger charge is -2.11. The van der Waals surface area contributed by atoms with Gasteiger partial charge in [-0.2, -0.15) is 5.10 Å². The maximum atomic E-state index is 12.1. The van der Waals surface area contributed by atoms with E-state index in [1.807, 2.05) is 12.1 Å². The van der Waals surface area contributed by atoms with E-state index in [1.54, 1.807) is 44.6 Å². The Labute approximate surface area is 172 Å². The predicted octanol–water partition coefficient (Wildman–Crippen LogP) is 4.02. The second-order valence-corrected chi connectivity index (χ2v) is 6.45. The molecule has 0 aliphatic rings. The zero-order valence-corrected chi connectivity index (χ0v) is 16.6. The van der Waals surface area contributed by atoms with Gasteiger partial charge in [0, 0.05) is 11.1 Å². The average Bonchev–Trinajstić information content (AvgIpc) is 3.21. The SMILES string of the molecule is COc1ccc(-c2[nH]nc3nc(-c4cc(OC)ccc4OC)cc(C(=O)O)c23)cc1. The molecule has 0 fully saturated rings. The Morgan fingerprint density at radius 2 is 1.63 bits per heavy atom. The van der Waals surface area contributed by atoms with Crippen LogP contribution in [0, 0.1) is 0 Å². The molecule has 4 rings (SSSR count). The number of rotatable bonds is 6. The number of pyridine rings is 1. The van der Waals surface area contributed by atoms with Crippen LogP contribution in [0.15, 0.2) is 48.5 Å². The largest absolute Gasteiger partial charge is 0.497 e. The first kappa shape index (κ1) is 19.3. The van der Waals surface area contributed by atoms with Crippen LogP contribution in [-0.4, -0.2) is 47.6 Å². The molecule has 0 spiro atoms. The third kappa shape index (κ3) is 3.28. The summed E-state index contributed by atoms with van der Waals surface area (Å²) in [5.41, 5.74) is 2.75. The highest BCUT2D eigenvalue weighted by molar-refractivity contribution is 6.08. The number of nitrogens with one attached hydrogen (secondary N) is 1. The number of aromatic carboxylic acids is 1. The molecule has 0 atom stereocenters. The van der Waals surface area contributed by atoms with E-state index in [9.17, 15) is 9.90 Å². The Hall–Kier alpha value is -4.07. The van der Waals surface area contributed by atoms with Crippen molar-refractivity contribution in [1.82, 2.24) is 15.2 Å². The van der Waals surface area contributed by atoms with Gasteiger partial charge in [-0.3, -0.25) is 5.10 Å². The summed E-state index contributed by atoms with van der Waals surface area (Å²) < 4.78 is 15.9. The highest BCUT2D eigenvalue weighted by Gasteiger charge is 2.21. The van der Waals surface area contributed by atoms with Gasteiger partial charge in [0.2, 0.25) is 0 Å². The van der Waals surface area contributed by atoms with E-state index in [0.717, 1.165) is 5.56 Å². The highest BCUT2D eigenvalue weighted by Crippen LogP contribution is 2.36. The molecule has 0 aliphatic carbocycles. The molecule has 4 aromatic rings. The summed E-state index contributed by atoms with van der Waals surface area (Å²) in [6.07, 6.45) is 0. The zero-order valence-electron chi connectivity index (χ0n) is 16.6. The predicted molar refractivity (Wildman–Crippen MR) is 111 cm³/mol. The van der Waals surface area contributed by atoms with Gasteiger partial charge >= 0.3 is 5.97 Å². The Balaban J connectivity index is 1.93. The van der Waals surface area contributed by atoms with Gasteiger partial charge in [-0.1, -0.05) is 0 Å². The zero-order chi connectivity index (χ0) is 21.3. The minimum atomic E-state index is -1.08. The fourth-order valence-electron chi connectivity index (χ4n) is 3.31. The van der Waals surface area contributed by atoms with Crippen molar-refractivity contribution in [3.63, 3.8) is 0 Å². The van der Waals surface area contributed by atoms with Gasteiger partial charge in [0.05, 0.1) is 43.7 Å². The molecule has 2 heterocycles. The second kappa shape index (κ2) is 7.75. The lowest BCUT2D eigenvalue weighted by Crippen LogP contribution is -2.01. The van der Waals surface area contributed by atoms with E-state index in [2.05, 4.69) is 15.2 Å². The summed E-state index contributed by atoms with van der Waals surface area (Å²) in [7, 11) is 4.68. The van der Waals surface area contributed by atoms with Crippen LogP contribution in [0.5, 0.6) is 17.2 Å². The molecule has 0 saturated heterocycles. The second-order valence-electron chi connectivity index (χ2n) is 6.45. The minimum Gasteiger partial charge on any atom is -0.497 e. The quantitative estimate of drug-likeness (QED) is 0.499. The Kier molecular flexibility index (Phi) is 4.97. The van der Waals surface area contributed by atoms with Crippen LogP contribution in [0.4, 0.5) is 0 Å². The number of ether oxygens (including phenoxy) is 3. The molecule has 30 heavy (non-hydrogen) atoms. The number of aromatic nitrogens is 3. The first-order chi connectivity index (χ1) is 14.5. The Morgan fingerprint density at radius 1 is 0.933 bits per heavy atom. The van der Waals surface area contributed by atoms with Gasteiger partial charge < -0.3 is 19.3 Å². The third-order valence-electron chi connectivity index (χ3n) is 4.82. The van der Waals surface area contributed by atoms with Crippen molar-refractivity contribution >= 4 is 17.0 Å². The fraction of sp³-hybridized carbons (Fsp3) is 0.136. The molecule has 0 radical (unpaired) electrons. The number of carboxylic acid groups (broad SMARTS) is 1. The van der Waals surface area contributed by atoms with Crippen molar-refractivity contribution in [2.45, 2.75) is 0 Å². The molecule has 0 saturated carbocycles. The minimum absolute atomic E-state index is 0.0828. The van der Waals surface area contributed by atoms with Gasteiger partial charge in [0.1, 0.15) is 17.2 Å². The van der Waals surface area contributed by atoms with E-state index in [0.29, 0.717) is 45.2 Å². The van der Waals surface area contributed by atoms with Crippen molar-refractivity contribution in [2.24, 2.45) is 0 Å². The number of hydrogen-bond acceptors (Lipinski definition) is 6. The van der Waals surface area contributed by atoms with Crippen molar-refractivity contribution in [2.75, 3.05) is 21.3 Å². The summed E-state index contributed by atoms with van der Waals surface area (Å²) in [6, 6.07) is 14.0. The summed E-state index contributed by atoms with van der Waals surface area (Å²) >= 11 is 0. The van der Waals surface area contributed by atoms with E-state index >= 15 is 0 Å². The summed E-state index contributed by atoms with van der Waals surface area (Å²) in [4.78, 5) is 16.7. The number of aromatic amines is 1. The average molecular weight is 405 g/mol. The van der Waals surface area contributed by atoms with Gasteiger partial charge in [-0.25, -0.2) is 9.78 Å². The van der Waals surface area contributed by atoms with Gasteiger partial charge in [-0.15, -0.1) is 0 Å². The first-order valence-electron chi connectivity index (χ1n) is 9.05. The van der Waals surface area contributed by atoms with Crippen LogP contribution in [-0.2, 0) is 0 Å². The molecule has 0 unspecified atom stereocenters. The molecule has 0 aliphatic heterocycles. The molecule has 2 aromatic carbocycles. The molecule has 8 heteroatoms. The molecule has 0 bridgehead atoms. The topological polar surface area (TPSA) is 107 Å². The number of carboxylic acids is 1. The molecular formula is C22H19N3O5. The smallest absolute Gasteiger partial charge is 0.336 e. The summed E-state index contributed by atoms with van der Waals surface area (Å²) in [5, 5.41) is 17.5. The number of nitrogens with zero attached hydrogens (tertiary/aromatic N) is 2. The Morgan fingerprint density at radius 3 is 2.27 bits per heavy atom. The normalized spacial score (nSPS) is 10.8. The van der Waals surface area contributed by atoms with Crippen LogP contribution in [0.25, 0.3) is 33.5 Å². The highest BCUT2D eigenvalue weighted by atomic mass is 16.5. The van der Waals surface area contributed by atoms with E-state index in [4.69, 9.17) is 14.2 Å². The lowest BCUT2D eigenvalue weighted by atomic mass is 10.0. The number of fused-ring (bicyclic) bond motifs is 1. The Bertz CT molecular complexity index is 1230. The number of H-pyrrole nitrogens is 1. The van der Waals surface area contributed by atoms with E-state index in [-0.39, 0.29) is 5.56 Å². The maximum Gasteiger partial charge on any atom is 0.336 e. The van der Waals surface area contributed by atoms with Gasteiger partial charge in [0.15, 0.2) is 5.65 Å². The third-order valence-corrected chi connectivity index (χ3v) is 4.82. The number of carbonyl (C=O) groups is 1. The van der Waals surface area contributed by atoms with E-state index < -0.39 is 5.97 Å². The molecular weight excluding hydrogens is 386 g/mol. The van der Waals surface area contributed by atoms with Crippen LogP contribution in [0.2, 0.25) is 0 Å². The summed E-state index contributed by atoms with van der Waals surface area (Å²) in [6.45, 7) is 0. The molecule has 2 aromatic heterocycles. The van der Waals surface area contributed by atoms with Gasteiger partial charge in [-0.05, 0) is 48.5 Å². The van der Waals surface area contributed by atoms with Crippen molar-refractivity contribution in [1.29, 1.82) is 0 Å². The van der Waals surface area contributed by atoms with E-state index in [1.165, 1.54) is 13.2 Å². The van der Waals surface area contributed by atoms with Crippen molar-refractivity contribution in [3.05, 3.63) is 54.1 Å². The standard InChI is InChI=1S/C22H19N3O5/c1-28-13-6-4-12(5-7-13)20-19-16(22(26)27)11-17(23-21(19)25-24-20)15-10-14(29-2)8-9-18(15)30-3/h4-11H,1-3H3,(H,26,27)(H,23,24,25). The van der Waals surface area contributed by atoms with Gasteiger partial charge in [0.25, 0.3) is 0 Å². The summed E-state index contributed by atoms with van der Waals surface area (Å²) in [5.74, 6) is 0.767. The monoisotopic (exact) mass is 405 g/mol. The fourth-order valence-corrected chi connectivity index (χ4v) is 3.31. The molecule has 8 nitrogen and oxygen atoms in total. The van der Waals surface area contributed by atoms with Crippen LogP contribution in [0.3, 0.4) is 0 Å².